The lowest BCUT2D eigenvalue weighted by atomic mass is 10.1. The summed E-state index contributed by atoms with van der Waals surface area (Å²) in [5, 5.41) is 8.78. The Morgan fingerprint density at radius 2 is 2.21 bits per heavy atom. The molecular formula is C19H16FN7O. The van der Waals surface area contributed by atoms with E-state index in [0.29, 0.717) is 23.0 Å². The van der Waals surface area contributed by atoms with Crippen LogP contribution in [-0.2, 0) is 13.6 Å². The highest BCUT2D eigenvalue weighted by atomic mass is 19.1. The maximum absolute atomic E-state index is 14.6. The van der Waals surface area contributed by atoms with E-state index in [0.717, 1.165) is 5.56 Å². The van der Waals surface area contributed by atoms with Crippen molar-refractivity contribution < 1.29 is 4.39 Å². The van der Waals surface area contributed by atoms with Gasteiger partial charge in [-0.2, -0.15) is 10.2 Å². The van der Waals surface area contributed by atoms with Gasteiger partial charge in [-0.15, -0.1) is 0 Å². The molecule has 2 aliphatic heterocycles. The van der Waals surface area contributed by atoms with Crippen molar-refractivity contribution in [1.29, 1.82) is 0 Å². The Bertz CT molecular complexity index is 1240. The predicted molar refractivity (Wildman–Crippen MR) is 103 cm³/mol. The lowest BCUT2D eigenvalue weighted by Crippen LogP contribution is -2.42. The van der Waals surface area contributed by atoms with Crippen molar-refractivity contribution in [3.8, 4) is 0 Å². The van der Waals surface area contributed by atoms with Gasteiger partial charge in [-0.05, 0) is 24.3 Å². The van der Waals surface area contributed by atoms with Crippen molar-refractivity contribution in [1.82, 2.24) is 29.7 Å². The van der Waals surface area contributed by atoms with Gasteiger partial charge in [-0.3, -0.25) is 19.9 Å². The summed E-state index contributed by atoms with van der Waals surface area (Å²) in [7, 11) is 1.81. The second-order valence-corrected chi connectivity index (χ2v) is 6.68. The van der Waals surface area contributed by atoms with Crippen LogP contribution < -0.4 is 11.0 Å². The van der Waals surface area contributed by atoms with Crippen LogP contribution in [0.15, 0.2) is 71.0 Å². The van der Waals surface area contributed by atoms with Crippen LogP contribution in [0.1, 0.15) is 5.56 Å². The van der Waals surface area contributed by atoms with Crippen LogP contribution in [0.2, 0.25) is 0 Å². The molecule has 140 valence electrons. The number of hydrazone groups is 1. The number of hydrogen-bond acceptors (Lipinski definition) is 6. The number of nitrogens with zero attached hydrogens (tertiary/aromatic N) is 6. The van der Waals surface area contributed by atoms with Gasteiger partial charge < -0.3 is 9.47 Å². The normalized spacial score (nSPS) is 18.4. The Morgan fingerprint density at radius 1 is 1.32 bits per heavy atom. The first kappa shape index (κ1) is 16.4. The number of nitrogens with one attached hydrogen (secondary N) is 1. The number of amidine groups is 1. The maximum atomic E-state index is 14.6. The number of fused-ring (bicyclic) bond motifs is 2. The number of aromatic nitrogens is 4. The minimum absolute atomic E-state index is 0.148. The number of halogens is 1. The summed E-state index contributed by atoms with van der Waals surface area (Å²) in [5.74, 6) is -0.237. The quantitative estimate of drug-likeness (QED) is 0.750. The van der Waals surface area contributed by atoms with E-state index in [1.165, 1.54) is 6.08 Å². The number of allylic oxidation sites excluding steroid dienone is 2. The standard InChI is InChI=1S/C19H16FN7O/c1-25-9-13(8-22-25)12-7-15(20)18-24-23-17(27(18)10-12)11-26-6-4-16-14(19(26)28)3-2-5-21-16/h2-10,17,23H,11H2,1H3. The van der Waals surface area contributed by atoms with Gasteiger partial charge in [0.05, 0.1) is 23.6 Å². The van der Waals surface area contributed by atoms with Crippen molar-refractivity contribution in [2.45, 2.75) is 12.7 Å². The third-order valence-electron chi connectivity index (χ3n) is 4.82. The molecule has 5 rings (SSSR count). The van der Waals surface area contributed by atoms with Crippen LogP contribution in [-0.4, -0.2) is 36.2 Å². The average Bonchev–Trinajstić information content (AvgIpc) is 3.31. The number of aryl methyl sites for hydroxylation is 1. The van der Waals surface area contributed by atoms with Gasteiger partial charge in [-0.1, -0.05) is 0 Å². The molecule has 0 aromatic carbocycles. The molecule has 8 nitrogen and oxygen atoms in total. The zero-order valence-electron chi connectivity index (χ0n) is 15.0. The van der Waals surface area contributed by atoms with Crippen LogP contribution in [0.25, 0.3) is 16.5 Å². The van der Waals surface area contributed by atoms with Crippen LogP contribution in [0.3, 0.4) is 0 Å². The van der Waals surface area contributed by atoms with Crippen molar-refractivity contribution in [3.05, 3.63) is 77.0 Å². The van der Waals surface area contributed by atoms with Crippen molar-refractivity contribution in [2.75, 3.05) is 0 Å². The fourth-order valence-electron chi connectivity index (χ4n) is 3.42. The summed E-state index contributed by atoms with van der Waals surface area (Å²) in [4.78, 5) is 18.7. The molecule has 0 saturated heterocycles. The van der Waals surface area contributed by atoms with Gasteiger partial charge in [0.25, 0.3) is 5.56 Å². The first-order chi connectivity index (χ1) is 13.6. The molecule has 1 unspecified atom stereocenters. The van der Waals surface area contributed by atoms with E-state index in [9.17, 15) is 9.18 Å². The minimum Gasteiger partial charge on any atom is -0.311 e. The van der Waals surface area contributed by atoms with E-state index in [2.05, 4.69) is 20.6 Å². The topological polar surface area (TPSA) is 80.3 Å². The van der Waals surface area contributed by atoms with Crippen molar-refractivity contribution >= 4 is 22.3 Å². The Kier molecular flexibility index (Phi) is 3.61. The molecule has 3 aromatic rings. The van der Waals surface area contributed by atoms with Gasteiger partial charge in [0.15, 0.2) is 11.7 Å². The van der Waals surface area contributed by atoms with E-state index in [1.54, 1.807) is 58.0 Å². The zero-order chi connectivity index (χ0) is 19.3. The second kappa shape index (κ2) is 6.15. The molecule has 0 bridgehead atoms. The lowest BCUT2D eigenvalue weighted by Gasteiger charge is -2.26. The summed E-state index contributed by atoms with van der Waals surface area (Å²) in [6.07, 6.45) is 9.70. The van der Waals surface area contributed by atoms with Gasteiger partial charge in [-0.25, -0.2) is 4.39 Å². The molecule has 0 aliphatic carbocycles. The summed E-state index contributed by atoms with van der Waals surface area (Å²) in [5.41, 5.74) is 4.91. The monoisotopic (exact) mass is 377 g/mol. The SMILES string of the molecule is Cn1cc(C2=CN3C(=NNC3Cn3ccc4ncccc4c3=O)C(F)=C2)cn1. The number of hydrogen-bond donors (Lipinski definition) is 1. The molecule has 1 atom stereocenters. The third-order valence-corrected chi connectivity index (χ3v) is 4.82. The largest absolute Gasteiger partial charge is 0.311 e. The summed E-state index contributed by atoms with van der Waals surface area (Å²) >= 11 is 0. The van der Waals surface area contributed by atoms with E-state index >= 15 is 0 Å². The van der Waals surface area contributed by atoms with Gasteiger partial charge in [0.2, 0.25) is 0 Å². The highest BCUT2D eigenvalue weighted by Gasteiger charge is 2.32. The zero-order valence-corrected chi connectivity index (χ0v) is 15.0. The number of pyridine rings is 2. The highest BCUT2D eigenvalue weighted by Crippen LogP contribution is 2.28. The molecule has 28 heavy (non-hydrogen) atoms. The van der Waals surface area contributed by atoms with Crippen LogP contribution in [0, 0.1) is 0 Å². The third kappa shape index (κ3) is 2.59. The molecule has 9 heteroatoms. The molecule has 0 saturated carbocycles. The van der Waals surface area contributed by atoms with Gasteiger partial charge in [0, 0.05) is 43.0 Å². The first-order valence-electron chi connectivity index (χ1n) is 8.74. The first-order valence-corrected chi connectivity index (χ1v) is 8.74. The lowest BCUT2D eigenvalue weighted by molar-refractivity contribution is 0.328. The van der Waals surface area contributed by atoms with E-state index in [-0.39, 0.29) is 11.4 Å². The average molecular weight is 377 g/mol. The fourth-order valence-corrected chi connectivity index (χ4v) is 3.42. The molecule has 3 aromatic heterocycles. The molecule has 0 fully saturated rings. The molecular weight excluding hydrogens is 361 g/mol. The minimum atomic E-state index is -0.439. The molecule has 0 radical (unpaired) electrons. The van der Waals surface area contributed by atoms with Crippen LogP contribution in [0.5, 0.6) is 0 Å². The molecule has 1 N–H and O–H groups in total. The Balaban J connectivity index is 1.48. The predicted octanol–water partition coefficient (Wildman–Crippen LogP) is 1.58. The van der Waals surface area contributed by atoms with E-state index in [4.69, 9.17) is 0 Å². The van der Waals surface area contributed by atoms with E-state index in [1.807, 2.05) is 12.4 Å². The van der Waals surface area contributed by atoms with Crippen LogP contribution in [0.4, 0.5) is 4.39 Å². The maximum Gasteiger partial charge on any atom is 0.260 e. The molecule has 5 heterocycles. The molecule has 0 amide bonds. The second-order valence-electron chi connectivity index (χ2n) is 6.68. The summed E-state index contributed by atoms with van der Waals surface area (Å²) in [6.45, 7) is 0.292. The summed E-state index contributed by atoms with van der Waals surface area (Å²) in [6, 6.07) is 5.27. The Labute approximate surface area is 158 Å². The molecule has 2 aliphatic rings. The van der Waals surface area contributed by atoms with Gasteiger partial charge >= 0.3 is 0 Å². The van der Waals surface area contributed by atoms with Crippen LogP contribution >= 0.6 is 0 Å². The summed E-state index contributed by atoms with van der Waals surface area (Å²) < 4.78 is 17.8. The molecule has 0 spiro atoms. The van der Waals surface area contributed by atoms with E-state index < -0.39 is 12.0 Å². The Morgan fingerprint density at radius 3 is 3.04 bits per heavy atom. The van der Waals surface area contributed by atoms with Crippen molar-refractivity contribution in [3.63, 3.8) is 0 Å². The highest BCUT2D eigenvalue weighted by molar-refractivity contribution is 6.03. The Hall–Kier alpha value is -3.75. The smallest absolute Gasteiger partial charge is 0.260 e. The number of rotatable bonds is 3. The fraction of sp³-hybridized carbons (Fsp3) is 0.158. The van der Waals surface area contributed by atoms with Crippen molar-refractivity contribution in [2.24, 2.45) is 12.1 Å². The van der Waals surface area contributed by atoms with Gasteiger partial charge in [0.1, 0.15) is 6.17 Å².